The number of aliphatic hydroxyl groups is 1. The molecule has 0 bridgehead atoms. The number of amides is 2. The molecule has 1 fully saturated rings. The maximum atomic E-state index is 12.1. The number of carbonyl (C=O) groups excluding carboxylic acids is 1. The third-order valence-electron chi connectivity index (χ3n) is 3.83. The number of para-hydroxylation sites is 1. The molecule has 1 saturated carbocycles. The Kier molecular flexibility index (Phi) is 5.86. The van der Waals surface area contributed by atoms with Gasteiger partial charge < -0.3 is 15.7 Å². The SMILES string of the molecule is O=C(Nc1ccccc1Br)NC1CCCCCC1CO. The third-order valence-corrected chi connectivity index (χ3v) is 4.52. The van der Waals surface area contributed by atoms with E-state index in [0.717, 1.165) is 35.8 Å². The Morgan fingerprint density at radius 3 is 2.75 bits per heavy atom. The molecule has 20 heavy (non-hydrogen) atoms. The number of urea groups is 1. The average Bonchev–Trinajstić information content (AvgIpc) is 2.66. The molecule has 2 amide bonds. The molecular formula is C15H21BrN2O2. The summed E-state index contributed by atoms with van der Waals surface area (Å²) in [6.07, 6.45) is 5.34. The van der Waals surface area contributed by atoms with Crippen LogP contribution in [0.5, 0.6) is 0 Å². The van der Waals surface area contributed by atoms with Gasteiger partial charge in [-0.25, -0.2) is 4.79 Å². The second-order valence-electron chi connectivity index (χ2n) is 5.27. The van der Waals surface area contributed by atoms with Crippen LogP contribution in [0.3, 0.4) is 0 Å². The van der Waals surface area contributed by atoms with Crippen molar-refractivity contribution in [2.24, 2.45) is 5.92 Å². The smallest absolute Gasteiger partial charge is 0.319 e. The highest BCUT2D eigenvalue weighted by Gasteiger charge is 2.24. The van der Waals surface area contributed by atoms with Gasteiger partial charge in [-0.3, -0.25) is 0 Å². The van der Waals surface area contributed by atoms with Crippen LogP contribution < -0.4 is 10.6 Å². The van der Waals surface area contributed by atoms with Crippen LogP contribution in [0.2, 0.25) is 0 Å². The Morgan fingerprint density at radius 2 is 2.00 bits per heavy atom. The predicted molar refractivity (Wildman–Crippen MR) is 83.7 cm³/mol. The van der Waals surface area contributed by atoms with E-state index in [9.17, 15) is 9.90 Å². The molecule has 0 heterocycles. The van der Waals surface area contributed by atoms with Gasteiger partial charge in [0.05, 0.1) is 5.69 Å². The molecule has 1 aliphatic rings. The van der Waals surface area contributed by atoms with Crippen LogP contribution in [0, 0.1) is 5.92 Å². The number of nitrogens with one attached hydrogen (secondary N) is 2. The first-order chi connectivity index (χ1) is 9.70. The van der Waals surface area contributed by atoms with E-state index in [0.29, 0.717) is 0 Å². The standard InChI is InChI=1S/C15H21BrN2O2/c16-12-7-4-5-9-14(12)18-15(20)17-13-8-3-1-2-6-11(13)10-19/h4-5,7,9,11,13,19H,1-3,6,8,10H2,(H2,17,18,20). The van der Waals surface area contributed by atoms with Crippen molar-refractivity contribution in [1.29, 1.82) is 0 Å². The summed E-state index contributed by atoms with van der Waals surface area (Å²) in [4.78, 5) is 12.1. The van der Waals surface area contributed by atoms with Crippen LogP contribution in [0.15, 0.2) is 28.7 Å². The molecule has 0 saturated heterocycles. The quantitative estimate of drug-likeness (QED) is 0.737. The molecule has 1 aromatic rings. The van der Waals surface area contributed by atoms with Crippen molar-refractivity contribution in [3.8, 4) is 0 Å². The van der Waals surface area contributed by atoms with Crippen molar-refractivity contribution in [3.05, 3.63) is 28.7 Å². The van der Waals surface area contributed by atoms with Crippen molar-refractivity contribution in [1.82, 2.24) is 5.32 Å². The summed E-state index contributed by atoms with van der Waals surface area (Å²) < 4.78 is 0.856. The minimum absolute atomic E-state index is 0.0602. The molecule has 5 heteroatoms. The fraction of sp³-hybridized carbons (Fsp3) is 0.533. The topological polar surface area (TPSA) is 61.4 Å². The Labute approximate surface area is 128 Å². The van der Waals surface area contributed by atoms with Gasteiger partial charge in [-0.15, -0.1) is 0 Å². The van der Waals surface area contributed by atoms with Gasteiger partial charge in [-0.05, 0) is 40.9 Å². The van der Waals surface area contributed by atoms with Gasteiger partial charge in [0.25, 0.3) is 0 Å². The summed E-state index contributed by atoms with van der Waals surface area (Å²) >= 11 is 3.41. The zero-order valence-electron chi connectivity index (χ0n) is 11.4. The lowest BCUT2D eigenvalue weighted by Crippen LogP contribution is -2.43. The lowest BCUT2D eigenvalue weighted by molar-refractivity contribution is 0.182. The number of carbonyl (C=O) groups is 1. The van der Waals surface area contributed by atoms with Crippen molar-refractivity contribution in [2.75, 3.05) is 11.9 Å². The molecule has 0 radical (unpaired) electrons. The lowest BCUT2D eigenvalue weighted by Gasteiger charge is -2.24. The van der Waals surface area contributed by atoms with Crippen LogP contribution in [0.4, 0.5) is 10.5 Å². The van der Waals surface area contributed by atoms with E-state index in [1.807, 2.05) is 24.3 Å². The second-order valence-corrected chi connectivity index (χ2v) is 6.12. The molecule has 2 unspecified atom stereocenters. The van der Waals surface area contributed by atoms with Gasteiger partial charge in [0.1, 0.15) is 0 Å². The number of anilines is 1. The molecule has 3 N–H and O–H groups in total. The van der Waals surface area contributed by atoms with Crippen molar-refractivity contribution < 1.29 is 9.90 Å². The molecule has 4 nitrogen and oxygen atoms in total. The zero-order chi connectivity index (χ0) is 14.4. The van der Waals surface area contributed by atoms with Crippen molar-refractivity contribution in [2.45, 2.75) is 38.1 Å². The molecule has 2 atom stereocenters. The molecule has 0 spiro atoms. The van der Waals surface area contributed by atoms with Gasteiger partial charge >= 0.3 is 6.03 Å². The van der Waals surface area contributed by atoms with E-state index in [2.05, 4.69) is 26.6 Å². The highest BCUT2D eigenvalue weighted by atomic mass is 79.9. The normalized spacial score (nSPS) is 22.9. The van der Waals surface area contributed by atoms with Crippen LogP contribution >= 0.6 is 15.9 Å². The fourth-order valence-corrected chi connectivity index (χ4v) is 3.07. The average molecular weight is 341 g/mol. The highest BCUT2D eigenvalue weighted by Crippen LogP contribution is 2.24. The number of benzene rings is 1. The van der Waals surface area contributed by atoms with Gasteiger partial charge in [0.15, 0.2) is 0 Å². The van der Waals surface area contributed by atoms with E-state index >= 15 is 0 Å². The van der Waals surface area contributed by atoms with Crippen LogP contribution in [-0.2, 0) is 0 Å². The third kappa shape index (κ3) is 4.21. The van der Waals surface area contributed by atoms with Gasteiger partial charge in [0, 0.05) is 23.0 Å². The Bertz CT molecular complexity index is 453. The molecule has 110 valence electrons. The first-order valence-electron chi connectivity index (χ1n) is 7.13. The minimum atomic E-state index is -0.206. The summed E-state index contributed by atoms with van der Waals surface area (Å²) in [5.41, 5.74) is 0.749. The molecule has 0 aliphatic heterocycles. The van der Waals surface area contributed by atoms with E-state index in [4.69, 9.17) is 0 Å². The Hall–Kier alpha value is -1.07. The predicted octanol–water partition coefficient (Wildman–Crippen LogP) is 3.51. The lowest BCUT2D eigenvalue weighted by atomic mass is 9.96. The van der Waals surface area contributed by atoms with Gasteiger partial charge in [-0.2, -0.15) is 0 Å². The monoisotopic (exact) mass is 340 g/mol. The molecule has 2 rings (SSSR count). The first-order valence-corrected chi connectivity index (χ1v) is 7.93. The number of aliphatic hydroxyl groups excluding tert-OH is 1. The minimum Gasteiger partial charge on any atom is -0.396 e. The van der Waals surface area contributed by atoms with E-state index < -0.39 is 0 Å². The zero-order valence-corrected chi connectivity index (χ0v) is 13.0. The summed E-state index contributed by atoms with van der Waals surface area (Å²) in [5.74, 6) is 0.169. The Morgan fingerprint density at radius 1 is 1.25 bits per heavy atom. The van der Waals surface area contributed by atoms with E-state index in [-0.39, 0.29) is 24.6 Å². The summed E-state index contributed by atoms with van der Waals surface area (Å²) in [6, 6.07) is 7.37. The van der Waals surface area contributed by atoms with Crippen LogP contribution in [0.25, 0.3) is 0 Å². The molecule has 1 aromatic carbocycles. The second kappa shape index (κ2) is 7.64. The summed E-state index contributed by atoms with van der Waals surface area (Å²) in [6.45, 7) is 0.139. The van der Waals surface area contributed by atoms with Crippen LogP contribution in [-0.4, -0.2) is 23.8 Å². The fourth-order valence-electron chi connectivity index (χ4n) is 2.68. The largest absolute Gasteiger partial charge is 0.396 e. The molecule has 0 aromatic heterocycles. The van der Waals surface area contributed by atoms with Gasteiger partial charge in [0.2, 0.25) is 0 Å². The first kappa shape index (κ1) is 15.3. The van der Waals surface area contributed by atoms with E-state index in [1.54, 1.807) is 0 Å². The number of halogens is 1. The number of rotatable bonds is 3. The van der Waals surface area contributed by atoms with Gasteiger partial charge in [-0.1, -0.05) is 31.4 Å². The highest BCUT2D eigenvalue weighted by molar-refractivity contribution is 9.10. The number of hydrogen-bond donors (Lipinski definition) is 3. The number of hydrogen-bond acceptors (Lipinski definition) is 2. The maximum Gasteiger partial charge on any atom is 0.319 e. The van der Waals surface area contributed by atoms with Crippen molar-refractivity contribution in [3.63, 3.8) is 0 Å². The van der Waals surface area contributed by atoms with E-state index in [1.165, 1.54) is 6.42 Å². The molecule has 1 aliphatic carbocycles. The molecular weight excluding hydrogens is 320 g/mol. The van der Waals surface area contributed by atoms with Crippen molar-refractivity contribution >= 4 is 27.6 Å². The Balaban J connectivity index is 1.94. The summed E-state index contributed by atoms with van der Waals surface area (Å²) in [7, 11) is 0. The van der Waals surface area contributed by atoms with Crippen LogP contribution in [0.1, 0.15) is 32.1 Å². The summed E-state index contributed by atoms with van der Waals surface area (Å²) in [5, 5.41) is 15.3. The maximum absolute atomic E-state index is 12.1.